The molecule has 2 heterocycles. The summed E-state index contributed by atoms with van der Waals surface area (Å²) >= 11 is 0. The molecule has 2 fully saturated rings. The molecule has 2 aliphatic heterocycles. The maximum atomic E-state index is 5.35. The maximum absolute atomic E-state index is 5.35. The zero-order chi connectivity index (χ0) is 9.80. The van der Waals surface area contributed by atoms with E-state index in [1.807, 2.05) is 0 Å². The van der Waals surface area contributed by atoms with Crippen molar-refractivity contribution in [3.63, 3.8) is 0 Å². The first kappa shape index (κ1) is 10.4. The molecule has 0 amide bonds. The smallest absolute Gasteiger partial charge is 0.0620 e. The van der Waals surface area contributed by atoms with Crippen molar-refractivity contribution in [2.45, 2.75) is 38.3 Å². The quantitative estimate of drug-likeness (QED) is 0.725. The highest BCUT2D eigenvalue weighted by molar-refractivity contribution is 4.78. The van der Waals surface area contributed by atoms with Crippen molar-refractivity contribution >= 4 is 0 Å². The van der Waals surface area contributed by atoms with Gasteiger partial charge in [0.25, 0.3) is 0 Å². The molecule has 2 atom stereocenters. The third kappa shape index (κ3) is 2.94. The average molecular weight is 198 g/mol. The van der Waals surface area contributed by atoms with Crippen LogP contribution in [0.2, 0.25) is 0 Å². The van der Waals surface area contributed by atoms with E-state index in [4.69, 9.17) is 4.74 Å². The van der Waals surface area contributed by atoms with E-state index in [2.05, 4.69) is 17.1 Å². The van der Waals surface area contributed by atoms with E-state index in [0.29, 0.717) is 12.1 Å². The lowest BCUT2D eigenvalue weighted by atomic mass is 10.2. The van der Waals surface area contributed by atoms with E-state index < -0.39 is 0 Å². The second kappa shape index (κ2) is 5.10. The van der Waals surface area contributed by atoms with Gasteiger partial charge < -0.3 is 15.0 Å². The minimum absolute atomic E-state index is 0.604. The SMILES string of the molecule is CC(CN1CCCC1)NC1CCOC1. The minimum Gasteiger partial charge on any atom is -0.380 e. The van der Waals surface area contributed by atoms with Crippen molar-refractivity contribution in [3.05, 3.63) is 0 Å². The van der Waals surface area contributed by atoms with Gasteiger partial charge in [-0.05, 0) is 39.3 Å². The molecule has 82 valence electrons. The Morgan fingerprint density at radius 3 is 2.86 bits per heavy atom. The monoisotopic (exact) mass is 198 g/mol. The molecule has 2 unspecified atom stereocenters. The van der Waals surface area contributed by atoms with Gasteiger partial charge in [-0.1, -0.05) is 0 Å². The molecule has 0 aromatic heterocycles. The highest BCUT2D eigenvalue weighted by Gasteiger charge is 2.19. The van der Waals surface area contributed by atoms with Gasteiger partial charge in [0.05, 0.1) is 6.61 Å². The van der Waals surface area contributed by atoms with E-state index in [9.17, 15) is 0 Å². The van der Waals surface area contributed by atoms with E-state index in [1.165, 1.54) is 38.9 Å². The van der Waals surface area contributed by atoms with Gasteiger partial charge in [-0.15, -0.1) is 0 Å². The summed E-state index contributed by atoms with van der Waals surface area (Å²) in [6.07, 6.45) is 3.96. The van der Waals surface area contributed by atoms with Crippen molar-refractivity contribution in [2.24, 2.45) is 0 Å². The molecule has 3 nitrogen and oxygen atoms in total. The fourth-order valence-corrected chi connectivity index (χ4v) is 2.47. The average Bonchev–Trinajstić information content (AvgIpc) is 2.76. The second-order valence-corrected chi connectivity index (χ2v) is 4.64. The Morgan fingerprint density at radius 2 is 2.21 bits per heavy atom. The molecule has 0 aromatic carbocycles. The summed E-state index contributed by atoms with van der Waals surface area (Å²) < 4.78 is 5.35. The summed E-state index contributed by atoms with van der Waals surface area (Å²) in [5.74, 6) is 0. The van der Waals surface area contributed by atoms with Crippen LogP contribution < -0.4 is 5.32 Å². The van der Waals surface area contributed by atoms with Crippen molar-refractivity contribution in [3.8, 4) is 0 Å². The summed E-state index contributed by atoms with van der Waals surface area (Å²) in [6, 6.07) is 1.22. The summed E-state index contributed by atoms with van der Waals surface area (Å²) in [4.78, 5) is 2.56. The van der Waals surface area contributed by atoms with Crippen molar-refractivity contribution in [2.75, 3.05) is 32.8 Å². The molecule has 2 rings (SSSR count). The van der Waals surface area contributed by atoms with Crippen LogP contribution in [0.3, 0.4) is 0 Å². The van der Waals surface area contributed by atoms with Crippen LogP contribution in [0.15, 0.2) is 0 Å². The summed E-state index contributed by atoms with van der Waals surface area (Å²) in [7, 11) is 0. The topological polar surface area (TPSA) is 24.5 Å². The van der Waals surface area contributed by atoms with E-state index in [1.54, 1.807) is 0 Å². The highest BCUT2D eigenvalue weighted by atomic mass is 16.5. The maximum Gasteiger partial charge on any atom is 0.0620 e. The van der Waals surface area contributed by atoms with Crippen LogP contribution in [0.1, 0.15) is 26.2 Å². The van der Waals surface area contributed by atoms with E-state index in [-0.39, 0.29) is 0 Å². The number of rotatable bonds is 4. The number of nitrogens with zero attached hydrogens (tertiary/aromatic N) is 1. The van der Waals surface area contributed by atoms with Gasteiger partial charge in [-0.25, -0.2) is 0 Å². The van der Waals surface area contributed by atoms with Gasteiger partial charge in [-0.3, -0.25) is 0 Å². The number of hydrogen-bond acceptors (Lipinski definition) is 3. The Bertz CT molecular complexity index is 145. The van der Waals surface area contributed by atoms with Crippen LogP contribution in [0.25, 0.3) is 0 Å². The Hall–Kier alpha value is -0.120. The summed E-state index contributed by atoms with van der Waals surface area (Å²) in [6.45, 7) is 7.94. The second-order valence-electron chi connectivity index (χ2n) is 4.64. The van der Waals surface area contributed by atoms with Crippen molar-refractivity contribution < 1.29 is 4.74 Å². The number of likely N-dealkylation sites (tertiary alicyclic amines) is 1. The number of ether oxygens (including phenoxy) is 1. The predicted octanol–water partition coefficient (Wildman–Crippen LogP) is 0.849. The lowest BCUT2D eigenvalue weighted by Crippen LogP contribution is -2.43. The van der Waals surface area contributed by atoms with Crippen molar-refractivity contribution in [1.82, 2.24) is 10.2 Å². The molecule has 2 aliphatic rings. The van der Waals surface area contributed by atoms with E-state index in [0.717, 1.165) is 13.2 Å². The lowest BCUT2D eigenvalue weighted by Gasteiger charge is -2.23. The Labute approximate surface area is 86.8 Å². The van der Waals surface area contributed by atoms with Gasteiger partial charge in [-0.2, -0.15) is 0 Å². The molecule has 0 aliphatic carbocycles. The molecule has 2 saturated heterocycles. The zero-order valence-corrected chi connectivity index (χ0v) is 9.17. The third-order valence-corrected chi connectivity index (χ3v) is 3.18. The first-order chi connectivity index (χ1) is 6.84. The standard InChI is InChI=1S/C11H22N2O/c1-10(8-13-5-2-3-6-13)12-11-4-7-14-9-11/h10-12H,2-9H2,1H3. The molecule has 0 spiro atoms. The van der Waals surface area contributed by atoms with Gasteiger partial charge in [0, 0.05) is 25.2 Å². The fraction of sp³-hybridized carbons (Fsp3) is 1.00. The van der Waals surface area contributed by atoms with Gasteiger partial charge in [0.1, 0.15) is 0 Å². The molecule has 0 saturated carbocycles. The predicted molar refractivity (Wildman–Crippen MR) is 57.5 cm³/mol. The van der Waals surface area contributed by atoms with Crippen LogP contribution in [-0.2, 0) is 4.74 Å². The molecule has 0 radical (unpaired) electrons. The Balaban J connectivity index is 1.64. The molecular weight excluding hydrogens is 176 g/mol. The number of nitrogens with one attached hydrogen (secondary N) is 1. The van der Waals surface area contributed by atoms with Crippen LogP contribution in [0.5, 0.6) is 0 Å². The minimum atomic E-state index is 0.604. The molecular formula is C11H22N2O. The van der Waals surface area contributed by atoms with E-state index >= 15 is 0 Å². The third-order valence-electron chi connectivity index (χ3n) is 3.18. The highest BCUT2D eigenvalue weighted by Crippen LogP contribution is 2.09. The first-order valence-electron chi connectivity index (χ1n) is 5.91. The largest absolute Gasteiger partial charge is 0.380 e. The normalized spacial score (nSPS) is 31.1. The van der Waals surface area contributed by atoms with Gasteiger partial charge >= 0.3 is 0 Å². The molecule has 1 N–H and O–H groups in total. The van der Waals surface area contributed by atoms with Crippen LogP contribution in [-0.4, -0.2) is 49.8 Å². The lowest BCUT2D eigenvalue weighted by molar-refractivity contribution is 0.186. The Kier molecular flexibility index (Phi) is 3.79. The van der Waals surface area contributed by atoms with Gasteiger partial charge in [0.15, 0.2) is 0 Å². The summed E-state index contributed by atoms with van der Waals surface area (Å²) in [5, 5.41) is 3.64. The summed E-state index contributed by atoms with van der Waals surface area (Å²) in [5.41, 5.74) is 0. The molecule has 0 bridgehead atoms. The first-order valence-corrected chi connectivity index (χ1v) is 5.91. The Morgan fingerprint density at radius 1 is 1.43 bits per heavy atom. The van der Waals surface area contributed by atoms with Gasteiger partial charge in [0.2, 0.25) is 0 Å². The number of hydrogen-bond donors (Lipinski definition) is 1. The zero-order valence-electron chi connectivity index (χ0n) is 9.17. The van der Waals surface area contributed by atoms with Crippen LogP contribution in [0, 0.1) is 0 Å². The van der Waals surface area contributed by atoms with Crippen LogP contribution >= 0.6 is 0 Å². The van der Waals surface area contributed by atoms with Crippen molar-refractivity contribution in [1.29, 1.82) is 0 Å². The molecule has 14 heavy (non-hydrogen) atoms. The molecule has 3 heteroatoms. The fourth-order valence-electron chi connectivity index (χ4n) is 2.47. The molecule has 0 aromatic rings. The van der Waals surface area contributed by atoms with Crippen LogP contribution in [0.4, 0.5) is 0 Å².